The predicted octanol–water partition coefficient (Wildman–Crippen LogP) is 2.86. The van der Waals surface area contributed by atoms with E-state index in [0.717, 1.165) is 5.56 Å². The fraction of sp³-hybridized carbons (Fsp3) is 0.267. The van der Waals surface area contributed by atoms with Crippen molar-refractivity contribution in [2.24, 2.45) is 0 Å². The number of hydrogen-bond acceptors (Lipinski definition) is 3. The zero-order valence-corrected chi connectivity index (χ0v) is 12.2. The molecular formula is C15H14F3NO2S. The van der Waals surface area contributed by atoms with Gasteiger partial charge in [0, 0.05) is 0 Å². The summed E-state index contributed by atoms with van der Waals surface area (Å²) in [4.78, 5) is 11.7. The Morgan fingerprint density at radius 2 is 1.86 bits per heavy atom. The lowest BCUT2D eigenvalue weighted by Crippen LogP contribution is -2.51. The summed E-state index contributed by atoms with van der Waals surface area (Å²) in [5, 5.41) is 15.7. The molecule has 2 N–H and O–H groups in total. The maximum absolute atomic E-state index is 13.2. The molecule has 2 aromatic rings. The molecule has 0 aliphatic rings. The van der Waals surface area contributed by atoms with E-state index in [0.29, 0.717) is 0 Å². The van der Waals surface area contributed by atoms with E-state index in [-0.39, 0.29) is 12.0 Å². The molecule has 22 heavy (non-hydrogen) atoms. The van der Waals surface area contributed by atoms with Crippen LogP contribution in [0.3, 0.4) is 0 Å². The molecule has 2 rings (SSSR count). The summed E-state index contributed by atoms with van der Waals surface area (Å²) in [5.41, 5.74) is -2.70. The highest BCUT2D eigenvalue weighted by molar-refractivity contribution is 7.07. The van der Waals surface area contributed by atoms with E-state index in [1.165, 1.54) is 35.6 Å². The summed E-state index contributed by atoms with van der Waals surface area (Å²) in [7, 11) is 0. The highest BCUT2D eigenvalue weighted by atomic mass is 32.1. The molecule has 0 unspecified atom stereocenters. The molecule has 0 aliphatic carbocycles. The first-order valence-corrected chi connectivity index (χ1v) is 7.39. The lowest BCUT2D eigenvalue weighted by atomic mass is 9.93. The fourth-order valence-corrected chi connectivity index (χ4v) is 2.62. The van der Waals surface area contributed by atoms with Gasteiger partial charge in [-0.3, -0.25) is 4.79 Å². The van der Waals surface area contributed by atoms with Gasteiger partial charge in [0.05, 0.1) is 13.0 Å². The third kappa shape index (κ3) is 3.66. The van der Waals surface area contributed by atoms with Gasteiger partial charge in [0.1, 0.15) is 0 Å². The standard InChI is InChI=1S/C15H14F3NO2S/c16-15(17,18)14(21,12-4-2-1-3-5-12)10-19-13(20)8-11-6-7-22-9-11/h1-7,9,21H,8,10H2,(H,19,20)/t14-/m0/s1. The summed E-state index contributed by atoms with van der Waals surface area (Å²) in [5.74, 6) is -0.572. The van der Waals surface area contributed by atoms with E-state index < -0.39 is 24.2 Å². The van der Waals surface area contributed by atoms with Crippen LogP contribution in [0.4, 0.5) is 13.2 Å². The van der Waals surface area contributed by atoms with Gasteiger partial charge in [-0.1, -0.05) is 30.3 Å². The van der Waals surface area contributed by atoms with E-state index in [2.05, 4.69) is 5.32 Å². The van der Waals surface area contributed by atoms with Gasteiger partial charge < -0.3 is 10.4 Å². The first kappa shape index (κ1) is 16.5. The molecule has 0 spiro atoms. The van der Waals surface area contributed by atoms with Gasteiger partial charge >= 0.3 is 6.18 Å². The zero-order valence-electron chi connectivity index (χ0n) is 11.4. The van der Waals surface area contributed by atoms with Crippen LogP contribution in [0.2, 0.25) is 0 Å². The van der Waals surface area contributed by atoms with Crippen LogP contribution in [-0.4, -0.2) is 23.7 Å². The minimum atomic E-state index is -4.90. The number of benzene rings is 1. The van der Waals surface area contributed by atoms with Gasteiger partial charge in [-0.05, 0) is 28.0 Å². The van der Waals surface area contributed by atoms with Gasteiger partial charge in [-0.25, -0.2) is 0 Å². The lowest BCUT2D eigenvalue weighted by molar-refractivity contribution is -0.264. The van der Waals surface area contributed by atoms with Crippen LogP contribution >= 0.6 is 11.3 Å². The van der Waals surface area contributed by atoms with Crippen LogP contribution in [0.25, 0.3) is 0 Å². The molecule has 0 fully saturated rings. The Hall–Kier alpha value is -1.86. The number of hydrogen-bond donors (Lipinski definition) is 2. The van der Waals surface area contributed by atoms with Crippen molar-refractivity contribution in [2.75, 3.05) is 6.54 Å². The molecule has 0 saturated carbocycles. The molecule has 0 aliphatic heterocycles. The molecule has 3 nitrogen and oxygen atoms in total. The van der Waals surface area contributed by atoms with E-state index in [4.69, 9.17) is 0 Å². The van der Waals surface area contributed by atoms with Crippen molar-refractivity contribution < 1.29 is 23.1 Å². The number of amides is 1. The molecule has 1 atom stereocenters. The number of carbonyl (C=O) groups is 1. The molecular weight excluding hydrogens is 315 g/mol. The highest BCUT2D eigenvalue weighted by Gasteiger charge is 2.55. The quantitative estimate of drug-likeness (QED) is 0.886. The van der Waals surface area contributed by atoms with E-state index in [1.807, 2.05) is 0 Å². The van der Waals surface area contributed by atoms with E-state index in [9.17, 15) is 23.1 Å². The Labute approximate surface area is 129 Å². The highest BCUT2D eigenvalue weighted by Crippen LogP contribution is 2.38. The Morgan fingerprint density at radius 3 is 2.41 bits per heavy atom. The third-order valence-electron chi connectivity index (χ3n) is 3.21. The Bertz CT molecular complexity index is 613. The second-order valence-corrected chi connectivity index (χ2v) is 5.59. The average Bonchev–Trinajstić information content (AvgIpc) is 2.97. The Morgan fingerprint density at radius 1 is 1.18 bits per heavy atom. The molecule has 1 aromatic heterocycles. The SMILES string of the molecule is O=C(Cc1ccsc1)NC[C@](O)(c1ccccc1)C(F)(F)F. The van der Waals surface area contributed by atoms with Crippen molar-refractivity contribution in [3.8, 4) is 0 Å². The maximum Gasteiger partial charge on any atom is 0.423 e. The monoisotopic (exact) mass is 329 g/mol. The molecule has 1 amide bonds. The van der Waals surface area contributed by atoms with Crippen LogP contribution in [0.15, 0.2) is 47.2 Å². The largest absolute Gasteiger partial charge is 0.423 e. The van der Waals surface area contributed by atoms with Gasteiger partial charge in [0.25, 0.3) is 0 Å². The number of nitrogens with one attached hydrogen (secondary N) is 1. The van der Waals surface area contributed by atoms with Gasteiger partial charge in [0.2, 0.25) is 11.5 Å². The fourth-order valence-electron chi connectivity index (χ4n) is 1.95. The summed E-state index contributed by atoms with van der Waals surface area (Å²) < 4.78 is 39.7. The van der Waals surface area contributed by atoms with E-state index >= 15 is 0 Å². The summed E-state index contributed by atoms with van der Waals surface area (Å²) in [6.45, 7) is -0.927. The first-order chi connectivity index (χ1) is 10.3. The van der Waals surface area contributed by atoms with Crippen molar-refractivity contribution in [2.45, 2.75) is 18.2 Å². The molecule has 7 heteroatoms. The van der Waals surface area contributed by atoms with Crippen LogP contribution in [0.1, 0.15) is 11.1 Å². The van der Waals surface area contributed by atoms with Crippen molar-refractivity contribution in [1.82, 2.24) is 5.32 Å². The summed E-state index contributed by atoms with van der Waals surface area (Å²) in [6, 6.07) is 8.43. The molecule has 1 aromatic carbocycles. The van der Waals surface area contributed by atoms with Crippen LogP contribution in [0, 0.1) is 0 Å². The number of alkyl halides is 3. The average molecular weight is 329 g/mol. The second kappa shape index (κ2) is 6.50. The summed E-state index contributed by atoms with van der Waals surface area (Å²) in [6.07, 6.45) is -4.92. The molecule has 0 bridgehead atoms. The van der Waals surface area contributed by atoms with Gasteiger partial charge in [-0.2, -0.15) is 24.5 Å². The van der Waals surface area contributed by atoms with Crippen LogP contribution in [-0.2, 0) is 16.8 Å². The van der Waals surface area contributed by atoms with Crippen LogP contribution in [0.5, 0.6) is 0 Å². The number of thiophene rings is 1. The van der Waals surface area contributed by atoms with Gasteiger partial charge in [-0.15, -0.1) is 0 Å². The number of carbonyl (C=O) groups excluding carboxylic acids is 1. The second-order valence-electron chi connectivity index (χ2n) is 4.81. The van der Waals surface area contributed by atoms with Crippen molar-refractivity contribution in [3.05, 3.63) is 58.3 Å². The number of rotatable bonds is 5. The summed E-state index contributed by atoms with van der Waals surface area (Å²) >= 11 is 1.40. The van der Waals surface area contributed by atoms with Crippen molar-refractivity contribution >= 4 is 17.2 Å². The maximum atomic E-state index is 13.2. The molecule has 1 heterocycles. The van der Waals surface area contributed by atoms with Crippen molar-refractivity contribution in [1.29, 1.82) is 0 Å². The van der Waals surface area contributed by atoms with Crippen molar-refractivity contribution in [3.63, 3.8) is 0 Å². The smallest absolute Gasteiger partial charge is 0.375 e. The third-order valence-corrected chi connectivity index (χ3v) is 3.94. The van der Waals surface area contributed by atoms with Gasteiger partial charge in [0.15, 0.2) is 0 Å². The topological polar surface area (TPSA) is 49.3 Å². The Balaban J connectivity index is 2.10. The molecule has 118 valence electrons. The minimum absolute atomic E-state index is 0.0216. The molecule has 0 saturated heterocycles. The molecule has 0 radical (unpaired) electrons. The Kier molecular flexibility index (Phi) is 4.87. The van der Waals surface area contributed by atoms with Crippen LogP contribution < -0.4 is 5.32 Å². The lowest BCUT2D eigenvalue weighted by Gasteiger charge is -2.31. The number of aliphatic hydroxyl groups is 1. The normalized spacial score (nSPS) is 14.4. The number of halogens is 3. The zero-order chi connectivity index (χ0) is 16.2. The first-order valence-electron chi connectivity index (χ1n) is 6.45. The van der Waals surface area contributed by atoms with E-state index in [1.54, 1.807) is 22.9 Å². The predicted molar refractivity (Wildman–Crippen MR) is 77.4 cm³/mol. The minimum Gasteiger partial charge on any atom is -0.375 e.